The topological polar surface area (TPSA) is 3.24 Å². The highest BCUT2D eigenvalue weighted by Gasteiger charge is 2.47. The maximum atomic E-state index is 13.1. The first-order valence-electron chi connectivity index (χ1n) is 4.00. The minimum atomic E-state index is -2.47. The second kappa shape index (κ2) is 2.70. The van der Waals surface area contributed by atoms with E-state index in [0.29, 0.717) is 6.54 Å². The van der Waals surface area contributed by atoms with Crippen LogP contribution in [0.4, 0.5) is 8.78 Å². The van der Waals surface area contributed by atoms with E-state index in [1.54, 1.807) is 11.9 Å². The van der Waals surface area contributed by atoms with E-state index in [9.17, 15) is 8.78 Å². The van der Waals surface area contributed by atoms with Gasteiger partial charge in [-0.1, -0.05) is 13.8 Å². The summed E-state index contributed by atoms with van der Waals surface area (Å²) in [6.45, 7) is 4.18. The van der Waals surface area contributed by atoms with Gasteiger partial charge in [-0.05, 0) is 13.0 Å². The van der Waals surface area contributed by atoms with Gasteiger partial charge in [0.25, 0.3) is 5.92 Å². The quantitative estimate of drug-likeness (QED) is 0.570. The molecule has 1 fully saturated rings. The Morgan fingerprint density at radius 2 is 2.00 bits per heavy atom. The van der Waals surface area contributed by atoms with E-state index >= 15 is 0 Å². The van der Waals surface area contributed by atoms with Crippen molar-refractivity contribution in [3.8, 4) is 0 Å². The largest absolute Gasteiger partial charge is 0.300 e. The second-order valence-electron chi connectivity index (χ2n) is 3.81. The van der Waals surface area contributed by atoms with Crippen molar-refractivity contribution in [2.24, 2.45) is 11.8 Å². The highest BCUT2D eigenvalue weighted by molar-refractivity contribution is 4.90. The van der Waals surface area contributed by atoms with Crippen molar-refractivity contribution in [2.45, 2.75) is 19.8 Å². The number of nitrogens with zero attached hydrogens (tertiary/aromatic N) is 1. The number of hydrogen-bond acceptors (Lipinski definition) is 1. The van der Waals surface area contributed by atoms with Crippen LogP contribution in [-0.2, 0) is 0 Å². The van der Waals surface area contributed by atoms with Gasteiger partial charge in [-0.3, -0.25) is 0 Å². The zero-order valence-corrected chi connectivity index (χ0v) is 7.27. The summed E-state index contributed by atoms with van der Waals surface area (Å²) in [5.41, 5.74) is 0. The molecule has 1 saturated heterocycles. The molecule has 0 aliphatic carbocycles. The van der Waals surface area contributed by atoms with Crippen molar-refractivity contribution >= 4 is 0 Å². The Bertz CT molecular complexity index is 145. The minimum absolute atomic E-state index is 0.0736. The van der Waals surface area contributed by atoms with Crippen LogP contribution in [0.2, 0.25) is 0 Å². The van der Waals surface area contributed by atoms with Gasteiger partial charge in [-0.2, -0.15) is 0 Å². The lowest BCUT2D eigenvalue weighted by Crippen LogP contribution is -2.30. The molecule has 66 valence electrons. The number of alkyl halides is 2. The lowest BCUT2D eigenvalue weighted by Gasteiger charge is -2.20. The third-order valence-electron chi connectivity index (χ3n) is 2.34. The van der Waals surface area contributed by atoms with Gasteiger partial charge in [0.1, 0.15) is 0 Å². The summed E-state index contributed by atoms with van der Waals surface area (Å²) in [6.07, 6.45) is 0. The zero-order chi connectivity index (χ0) is 8.65. The maximum absolute atomic E-state index is 13.1. The van der Waals surface area contributed by atoms with Gasteiger partial charge in [-0.25, -0.2) is 8.78 Å². The predicted octanol–water partition coefficient (Wildman–Crippen LogP) is 1.84. The molecule has 1 atom stereocenters. The lowest BCUT2D eigenvalue weighted by atomic mass is 9.92. The zero-order valence-electron chi connectivity index (χ0n) is 7.27. The average Bonchev–Trinajstić information content (AvgIpc) is 2.04. The summed E-state index contributed by atoms with van der Waals surface area (Å²) in [6, 6.07) is 0. The van der Waals surface area contributed by atoms with Crippen molar-refractivity contribution in [1.29, 1.82) is 0 Å². The first-order valence-corrected chi connectivity index (χ1v) is 4.00. The van der Waals surface area contributed by atoms with Gasteiger partial charge in [0.05, 0.1) is 6.54 Å². The summed E-state index contributed by atoms with van der Waals surface area (Å²) in [4.78, 5) is 1.70. The van der Waals surface area contributed by atoms with Gasteiger partial charge in [0, 0.05) is 12.5 Å². The van der Waals surface area contributed by atoms with E-state index in [4.69, 9.17) is 0 Å². The first kappa shape index (κ1) is 8.91. The van der Waals surface area contributed by atoms with Crippen LogP contribution >= 0.6 is 0 Å². The summed E-state index contributed by atoms with van der Waals surface area (Å²) in [5.74, 6) is -2.84. The molecule has 1 rings (SSSR count). The molecule has 0 spiro atoms. The summed E-state index contributed by atoms with van der Waals surface area (Å²) < 4.78 is 26.1. The Morgan fingerprint density at radius 3 is 2.18 bits per heavy atom. The smallest absolute Gasteiger partial charge is 0.264 e. The molecule has 0 aromatic carbocycles. The summed E-state index contributed by atoms with van der Waals surface area (Å²) in [7, 11) is 1.75. The van der Waals surface area contributed by atoms with Crippen LogP contribution in [0.1, 0.15) is 13.8 Å². The van der Waals surface area contributed by atoms with E-state index in [2.05, 4.69) is 0 Å². The molecule has 0 aromatic heterocycles. The minimum Gasteiger partial charge on any atom is -0.300 e. The molecule has 1 unspecified atom stereocenters. The number of likely N-dealkylation sites (tertiary alicyclic amines) is 1. The second-order valence-corrected chi connectivity index (χ2v) is 3.81. The van der Waals surface area contributed by atoms with E-state index in [-0.39, 0.29) is 12.5 Å². The third-order valence-corrected chi connectivity index (χ3v) is 2.34. The van der Waals surface area contributed by atoms with Crippen LogP contribution in [0.3, 0.4) is 0 Å². The van der Waals surface area contributed by atoms with E-state index in [1.165, 1.54) is 0 Å². The molecular formula is C8H15F2N. The monoisotopic (exact) mass is 163 g/mol. The molecule has 0 aromatic rings. The van der Waals surface area contributed by atoms with Crippen molar-refractivity contribution in [3.05, 3.63) is 0 Å². The maximum Gasteiger partial charge on any atom is 0.264 e. The Hall–Kier alpha value is -0.180. The van der Waals surface area contributed by atoms with Crippen molar-refractivity contribution in [3.63, 3.8) is 0 Å². The Labute approximate surface area is 66.4 Å². The van der Waals surface area contributed by atoms with Gasteiger partial charge >= 0.3 is 0 Å². The van der Waals surface area contributed by atoms with E-state index in [1.807, 2.05) is 13.8 Å². The molecule has 0 bridgehead atoms. The molecular weight excluding hydrogens is 148 g/mol. The number of hydrogen-bond donors (Lipinski definition) is 0. The molecule has 0 N–H and O–H groups in total. The molecule has 1 heterocycles. The number of halogens is 2. The summed E-state index contributed by atoms with van der Waals surface area (Å²) in [5, 5.41) is 0. The fraction of sp³-hybridized carbons (Fsp3) is 1.00. The molecule has 1 nitrogen and oxygen atoms in total. The van der Waals surface area contributed by atoms with Crippen molar-refractivity contribution < 1.29 is 8.78 Å². The van der Waals surface area contributed by atoms with Gasteiger partial charge < -0.3 is 4.90 Å². The van der Waals surface area contributed by atoms with Crippen LogP contribution in [0.25, 0.3) is 0 Å². The van der Waals surface area contributed by atoms with Gasteiger partial charge in [-0.15, -0.1) is 0 Å². The highest BCUT2D eigenvalue weighted by atomic mass is 19.3. The molecule has 11 heavy (non-hydrogen) atoms. The fourth-order valence-electron chi connectivity index (χ4n) is 1.71. The predicted molar refractivity (Wildman–Crippen MR) is 40.8 cm³/mol. The van der Waals surface area contributed by atoms with Crippen LogP contribution in [-0.4, -0.2) is 31.0 Å². The third kappa shape index (κ3) is 1.70. The molecule has 3 heteroatoms. The molecule has 1 aliphatic rings. The molecule has 0 saturated carbocycles. The first-order chi connectivity index (χ1) is 4.93. The van der Waals surface area contributed by atoms with Gasteiger partial charge in [0.2, 0.25) is 0 Å². The standard InChI is InChI=1S/C8H15F2N/c1-6(2)7-4-11(3)5-8(7,9)10/h6-7H,4-5H2,1-3H3. The SMILES string of the molecule is CC(C)C1CN(C)CC1(F)F. The van der Waals surface area contributed by atoms with Crippen LogP contribution in [0.15, 0.2) is 0 Å². The lowest BCUT2D eigenvalue weighted by molar-refractivity contribution is -0.0406. The summed E-state index contributed by atoms with van der Waals surface area (Å²) >= 11 is 0. The average molecular weight is 163 g/mol. The number of rotatable bonds is 1. The van der Waals surface area contributed by atoms with Gasteiger partial charge in [0.15, 0.2) is 0 Å². The van der Waals surface area contributed by atoms with Crippen molar-refractivity contribution in [1.82, 2.24) is 4.90 Å². The highest BCUT2D eigenvalue weighted by Crippen LogP contribution is 2.36. The Kier molecular flexibility index (Phi) is 2.19. The molecule has 0 radical (unpaired) electrons. The van der Waals surface area contributed by atoms with E-state index in [0.717, 1.165) is 0 Å². The van der Waals surface area contributed by atoms with Crippen LogP contribution < -0.4 is 0 Å². The van der Waals surface area contributed by atoms with Crippen molar-refractivity contribution in [2.75, 3.05) is 20.1 Å². The van der Waals surface area contributed by atoms with E-state index < -0.39 is 11.8 Å². The Morgan fingerprint density at radius 1 is 1.45 bits per heavy atom. The Balaban J connectivity index is 2.66. The van der Waals surface area contributed by atoms with Crippen LogP contribution in [0.5, 0.6) is 0 Å². The molecule has 1 aliphatic heterocycles. The van der Waals surface area contributed by atoms with Crippen LogP contribution in [0, 0.1) is 11.8 Å². The fourth-order valence-corrected chi connectivity index (χ4v) is 1.71. The normalized spacial score (nSPS) is 31.6. The molecule has 0 amide bonds.